The highest BCUT2D eigenvalue weighted by Gasteiger charge is 2.25. The number of nitrogens with one attached hydrogen (secondary N) is 2. The summed E-state index contributed by atoms with van der Waals surface area (Å²) in [4.78, 5) is 25.2. The minimum absolute atomic E-state index is 0.0222. The number of aromatic nitrogens is 3. The van der Waals surface area contributed by atoms with Crippen molar-refractivity contribution in [1.82, 2.24) is 15.0 Å². The number of carbonyl (C=O) groups is 1. The number of hydrogen-bond acceptors (Lipinski definition) is 5. The van der Waals surface area contributed by atoms with E-state index in [1.54, 1.807) is 25.7 Å². The zero-order valence-electron chi connectivity index (χ0n) is 18.0. The van der Waals surface area contributed by atoms with Gasteiger partial charge in [-0.05, 0) is 29.3 Å². The zero-order chi connectivity index (χ0) is 22.6. The molecule has 0 aliphatic rings. The summed E-state index contributed by atoms with van der Waals surface area (Å²) in [6, 6.07) is 22.7. The van der Waals surface area contributed by atoms with Gasteiger partial charge in [-0.25, -0.2) is 9.97 Å². The molecule has 0 spiro atoms. The number of carbonyl (C=O) groups excluding carboxylic acids is 1. The number of benzene rings is 3. The lowest BCUT2D eigenvalue weighted by Crippen LogP contribution is -2.21. The van der Waals surface area contributed by atoms with Crippen molar-refractivity contribution < 1.29 is 9.53 Å². The molecule has 0 radical (unpaired) electrons. The Morgan fingerprint density at radius 3 is 2.52 bits per heavy atom. The SMILES string of the molecule is COc1cccc(NC(C(=O)c2c[nH]c3ccccc23)c2ccc(-c3cncnc3)cc2)c1. The molecular formula is C27H22N4O2. The van der Waals surface area contributed by atoms with E-state index in [1.807, 2.05) is 72.8 Å². The van der Waals surface area contributed by atoms with Gasteiger partial charge in [0.25, 0.3) is 0 Å². The second kappa shape index (κ2) is 8.96. The van der Waals surface area contributed by atoms with Crippen LogP contribution in [0.25, 0.3) is 22.0 Å². The number of fused-ring (bicyclic) bond motifs is 1. The van der Waals surface area contributed by atoms with Crippen LogP contribution < -0.4 is 10.1 Å². The first-order chi connectivity index (χ1) is 16.2. The quantitative estimate of drug-likeness (QED) is 0.323. The summed E-state index contributed by atoms with van der Waals surface area (Å²) in [6.07, 6.45) is 6.82. The van der Waals surface area contributed by atoms with Gasteiger partial charge in [0.05, 0.1) is 7.11 Å². The van der Waals surface area contributed by atoms with E-state index in [9.17, 15) is 4.79 Å². The second-order valence-electron chi connectivity index (χ2n) is 7.67. The Bertz CT molecular complexity index is 1390. The predicted octanol–water partition coefficient (Wildman–Crippen LogP) is 5.67. The Hall–Kier alpha value is -4.45. The number of hydrogen-bond donors (Lipinski definition) is 2. The lowest BCUT2D eigenvalue weighted by molar-refractivity contribution is 0.0971. The molecule has 1 unspecified atom stereocenters. The van der Waals surface area contributed by atoms with E-state index in [1.165, 1.54) is 6.33 Å². The van der Waals surface area contributed by atoms with Crippen molar-refractivity contribution in [3.63, 3.8) is 0 Å². The Labute approximate surface area is 191 Å². The number of H-pyrrole nitrogens is 1. The Morgan fingerprint density at radius 1 is 0.939 bits per heavy atom. The van der Waals surface area contributed by atoms with Crippen molar-refractivity contribution in [1.29, 1.82) is 0 Å². The van der Waals surface area contributed by atoms with E-state index in [4.69, 9.17) is 4.74 Å². The van der Waals surface area contributed by atoms with Crippen molar-refractivity contribution in [2.45, 2.75) is 6.04 Å². The van der Waals surface area contributed by atoms with Gasteiger partial charge >= 0.3 is 0 Å². The minimum atomic E-state index is -0.586. The van der Waals surface area contributed by atoms with E-state index < -0.39 is 6.04 Å². The summed E-state index contributed by atoms with van der Waals surface area (Å²) in [7, 11) is 1.62. The number of ether oxygens (including phenoxy) is 1. The standard InChI is InChI=1S/C27H22N4O2/c1-33-22-6-4-5-21(13-22)31-26(27(32)24-16-30-25-8-3-2-7-23(24)25)19-11-9-18(10-12-19)20-14-28-17-29-15-20/h2-17,26,30-31H,1H3. The molecule has 2 N–H and O–H groups in total. The molecule has 0 fully saturated rings. The molecule has 6 heteroatoms. The van der Waals surface area contributed by atoms with Crippen LogP contribution in [0.4, 0.5) is 5.69 Å². The second-order valence-corrected chi connectivity index (χ2v) is 7.67. The van der Waals surface area contributed by atoms with Crippen molar-refractivity contribution >= 4 is 22.4 Å². The molecule has 2 heterocycles. The smallest absolute Gasteiger partial charge is 0.191 e. The van der Waals surface area contributed by atoms with E-state index in [0.29, 0.717) is 5.56 Å². The number of rotatable bonds is 7. The summed E-state index contributed by atoms with van der Waals surface area (Å²) >= 11 is 0. The van der Waals surface area contributed by atoms with Crippen molar-refractivity contribution in [2.75, 3.05) is 12.4 Å². The average molecular weight is 434 g/mol. The maximum atomic E-state index is 13.8. The molecule has 0 bridgehead atoms. The molecule has 0 aliphatic carbocycles. The molecule has 2 aromatic heterocycles. The van der Waals surface area contributed by atoms with Gasteiger partial charge in [-0.2, -0.15) is 0 Å². The van der Waals surface area contributed by atoms with Gasteiger partial charge in [0.2, 0.25) is 0 Å². The Kier molecular flexibility index (Phi) is 5.55. The number of para-hydroxylation sites is 1. The first-order valence-electron chi connectivity index (χ1n) is 10.6. The van der Waals surface area contributed by atoms with Gasteiger partial charge in [-0.1, -0.05) is 48.5 Å². The number of aromatic amines is 1. The topological polar surface area (TPSA) is 79.9 Å². The molecule has 1 atom stereocenters. The summed E-state index contributed by atoms with van der Waals surface area (Å²) in [5, 5.41) is 4.31. The van der Waals surface area contributed by atoms with E-state index in [-0.39, 0.29) is 5.78 Å². The van der Waals surface area contributed by atoms with Gasteiger partial charge < -0.3 is 15.0 Å². The number of Topliss-reactive ketones (excluding diaryl/α,β-unsaturated/α-hetero) is 1. The van der Waals surface area contributed by atoms with Gasteiger partial charge in [0.1, 0.15) is 18.1 Å². The Balaban J connectivity index is 1.54. The summed E-state index contributed by atoms with van der Waals surface area (Å²) in [5.74, 6) is 0.698. The first-order valence-corrected chi connectivity index (χ1v) is 10.6. The van der Waals surface area contributed by atoms with Crippen LogP contribution in [-0.2, 0) is 0 Å². The molecule has 0 amide bonds. The van der Waals surface area contributed by atoms with Crippen LogP contribution in [0.2, 0.25) is 0 Å². The number of methoxy groups -OCH3 is 1. The molecular weight excluding hydrogens is 412 g/mol. The van der Waals surface area contributed by atoms with Gasteiger partial charge in [0, 0.05) is 52.4 Å². The first kappa shape index (κ1) is 20.5. The lowest BCUT2D eigenvalue weighted by atomic mass is 9.95. The summed E-state index contributed by atoms with van der Waals surface area (Å²) in [5.41, 5.74) is 5.14. The molecule has 0 aliphatic heterocycles. The van der Waals surface area contributed by atoms with Crippen LogP contribution in [0.15, 0.2) is 97.7 Å². The minimum Gasteiger partial charge on any atom is -0.497 e. The Morgan fingerprint density at radius 2 is 1.73 bits per heavy atom. The third-order valence-electron chi connectivity index (χ3n) is 5.64. The van der Waals surface area contributed by atoms with Crippen LogP contribution in [-0.4, -0.2) is 27.8 Å². The maximum absolute atomic E-state index is 13.8. The normalized spacial score (nSPS) is 11.8. The average Bonchev–Trinajstić information content (AvgIpc) is 3.32. The molecule has 162 valence electrons. The highest BCUT2D eigenvalue weighted by atomic mass is 16.5. The summed E-state index contributed by atoms with van der Waals surface area (Å²) < 4.78 is 5.36. The number of nitrogens with zero attached hydrogens (tertiary/aromatic N) is 2. The third kappa shape index (κ3) is 4.19. The van der Waals surface area contributed by atoms with Crippen LogP contribution >= 0.6 is 0 Å². The van der Waals surface area contributed by atoms with Gasteiger partial charge in [-0.15, -0.1) is 0 Å². The fourth-order valence-electron chi connectivity index (χ4n) is 3.93. The van der Waals surface area contributed by atoms with Gasteiger partial charge in [-0.3, -0.25) is 4.79 Å². The van der Waals surface area contributed by atoms with Crippen LogP contribution in [0.1, 0.15) is 22.0 Å². The highest BCUT2D eigenvalue weighted by molar-refractivity contribution is 6.11. The molecule has 3 aromatic carbocycles. The van der Waals surface area contributed by atoms with Crippen LogP contribution in [0, 0.1) is 0 Å². The zero-order valence-corrected chi connectivity index (χ0v) is 18.0. The molecule has 0 saturated heterocycles. The third-order valence-corrected chi connectivity index (χ3v) is 5.64. The molecule has 5 rings (SSSR count). The van der Waals surface area contributed by atoms with Crippen LogP contribution in [0.5, 0.6) is 5.75 Å². The molecule has 5 aromatic rings. The monoisotopic (exact) mass is 434 g/mol. The van der Waals surface area contributed by atoms with E-state index in [0.717, 1.165) is 39.0 Å². The predicted molar refractivity (Wildman–Crippen MR) is 129 cm³/mol. The summed E-state index contributed by atoms with van der Waals surface area (Å²) in [6.45, 7) is 0. The number of anilines is 1. The molecule has 0 saturated carbocycles. The molecule has 33 heavy (non-hydrogen) atoms. The van der Waals surface area contributed by atoms with E-state index >= 15 is 0 Å². The fraction of sp³-hybridized carbons (Fsp3) is 0.0741. The van der Waals surface area contributed by atoms with Crippen molar-refractivity contribution in [3.8, 4) is 16.9 Å². The van der Waals surface area contributed by atoms with E-state index in [2.05, 4.69) is 20.3 Å². The van der Waals surface area contributed by atoms with Crippen molar-refractivity contribution in [3.05, 3.63) is 109 Å². The lowest BCUT2D eigenvalue weighted by Gasteiger charge is -2.20. The maximum Gasteiger partial charge on any atom is 0.191 e. The van der Waals surface area contributed by atoms with Gasteiger partial charge in [0.15, 0.2) is 5.78 Å². The molecule has 6 nitrogen and oxygen atoms in total. The number of ketones is 1. The van der Waals surface area contributed by atoms with Crippen LogP contribution in [0.3, 0.4) is 0 Å². The highest BCUT2D eigenvalue weighted by Crippen LogP contribution is 2.30. The van der Waals surface area contributed by atoms with Crippen molar-refractivity contribution in [2.24, 2.45) is 0 Å². The fourth-order valence-corrected chi connectivity index (χ4v) is 3.93. The largest absolute Gasteiger partial charge is 0.497 e.